The second-order valence-corrected chi connectivity index (χ2v) is 3.16. The fourth-order valence-electron chi connectivity index (χ4n) is 1.23. The topological polar surface area (TPSA) is 66.4 Å². The molecule has 0 aromatic rings. The van der Waals surface area contributed by atoms with Crippen molar-refractivity contribution in [1.29, 1.82) is 0 Å². The third kappa shape index (κ3) is 3.16. The molecule has 1 aliphatic carbocycles. The monoisotopic (exact) mass is 181 g/mol. The third-order valence-corrected chi connectivity index (χ3v) is 2.03. The number of amides is 1. The van der Waals surface area contributed by atoms with Gasteiger partial charge in [-0.25, -0.2) is 0 Å². The number of carboxylic acid groups (broad SMARTS) is 1. The van der Waals surface area contributed by atoms with Crippen LogP contribution in [-0.2, 0) is 9.59 Å². The second kappa shape index (κ2) is 3.94. The van der Waals surface area contributed by atoms with Gasteiger partial charge < -0.3 is 10.4 Å². The lowest BCUT2D eigenvalue weighted by Gasteiger charge is -2.13. The van der Waals surface area contributed by atoms with E-state index in [0.29, 0.717) is 5.92 Å². The highest BCUT2D eigenvalue weighted by Crippen LogP contribution is 2.33. The van der Waals surface area contributed by atoms with Crippen molar-refractivity contribution >= 4 is 11.9 Å². The average molecular weight is 181 g/mol. The molecule has 1 amide bonds. The first-order valence-corrected chi connectivity index (χ1v) is 4.12. The Bertz CT molecular complexity index is 263. The molecule has 0 heterocycles. The van der Waals surface area contributed by atoms with E-state index in [1.54, 1.807) is 0 Å². The van der Waals surface area contributed by atoms with Crippen LogP contribution in [0, 0.1) is 18.3 Å². The zero-order valence-electron chi connectivity index (χ0n) is 7.12. The number of hydrogen-bond donors (Lipinski definition) is 2. The van der Waals surface area contributed by atoms with E-state index in [4.69, 9.17) is 11.5 Å². The van der Waals surface area contributed by atoms with Crippen LogP contribution in [0.25, 0.3) is 0 Å². The molecule has 1 saturated carbocycles. The van der Waals surface area contributed by atoms with E-state index in [1.165, 1.54) is 0 Å². The summed E-state index contributed by atoms with van der Waals surface area (Å²) < 4.78 is 0. The van der Waals surface area contributed by atoms with Crippen LogP contribution < -0.4 is 5.32 Å². The minimum Gasteiger partial charge on any atom is -0.481 e. The summed E-state index contributed by atoms with van der Waals surface area (Å²) in [6.45, 7) is 0. The fraction of sp³-hybridized carbons (Fsp3) is 0.556. The normalized spacial score (nSPS) is 17.2. The third-order valence-electron chi connectivity index (χ3n) is 2.03. The smallest absolute Gasteiger partial charge is 0.305 e. The van der Waals surface area contributed by atoms with Crippen molar-refractivity contribution in [2.24, 2.45) is 5.92 Å². The fourth-order valence-corrected chi connectivity index (χ4v) is 1.23. The van der Waals surface area contributed by atoms with E-state index in [-0.39, 0.29) is 12.5 Å². The molecule has 1 fully saturated rings. The molecule has 0 saturated heterocycles. The van der Waals surface area contributed by atoms with Crippen LogP contribution in [-0.4, -0.2) is 23.0 Å². The number of hydrogen-bond acceptors (Lipinski definition) is 2. The van der Waals surface area contributed by atoms with Gasteiger partial charge in [0.1, 0.15) is 0 Å². The molecule has 0 aromatic heterocycles. The number of aliphatic carboxylic acids is 1. The first-order valence-electron chi connectivity index (χ1n) is 4.12. The Kier molecular flexibility index (Phi) is 2.91. The summed E-state index contributed by atoms with van der Waals surface area (Å²) in [4.78, 5) is 21.2. The number of rotatable bonds is 4. The molecule has 0 radical (unpaired) electrons. The van der Waals surface area contributed by atoms with Crippen molar-refractivity contribution in [3.05, 3.63) is 0 Å². The maximum absolute atomic E-state index is 10.8. The van der Waals surface area contributed by atoms with E-state index >= 15 is 0 Å². The van der Waals surface area contributed by atoms with Crippen molar-refractivity contribution in [3.63, 3.8) is 0 Å². The molecule has 0 spiro atoms. The molecule has 4 heteroatoms. The Labute approximate surface area is 76.3 Å². The summed E-state index contributed by atoms with van der Waals surface area (Å²) in [5.41, 5.74) is 0. The molecule has 1 rings (SSSR count). The zero-order valence-corrected chi connectivity index (χ0v) is 7.12. The number of carbonyl (C=O) groups excluding carboxylic acids is 1. The van der Waals surface area contributed by atoms with Gasteiger partial charge in [0.05, 0.1) is 6.42 Å². The van der Waals surface area contributed by atoms with Gasteiger partial charge in [0.25, 0.3) is 5.91 Å². The molecule has 2 N–H and O–H groups in total. The molecule has 1 unspecified atom stereocenters. The maximum atomic E-state index is 10.8. The standard InChI is InChI=1S/C9H11NO3/c1-2-8(11)10-7(5-9(12)13)6-3-4-6/h1,6-7H,3-5H2,(H,10,11)(H,12,13). The summed E-state index contributed by atoms with van der Waals surface area (Å²) in [6.07, 6.45) is 6.77. The molecular weight excluding hydrogens is 170 g/mol. The van der Waals surface area contributed by atoms with Crippen LogP contribution in [0.4, 0.5) is 0 Å². The van der Waals surface area contributed by atoms with Crippen LogP contribution >= 0.6 is 0 Å². The van der Waals surface area contributed by atoms with Gasteiger partial charge >= 0.3 is 5.97 Å². The number of carboxylic acids is 1. The van der Waals surface area contributed by atoms with Crippen LogP contribution in [0.3, 0.4) is 0 Å². The SMILES string of the molecule is C#CC(=O)NC(CC(=O)O)C1CC1. The van der Waals surface area contributed by atoms with E-state index in [1.807, 2.05) is 5.92 Å². The van der Waals surface area contributed by atoms with E-state index in [2.05, 4.69) is 5.32 Å². The van der Waals surface area contributed by atoms with Crippen molar-refractivity contribution in [1.82, 2.24) is 5.32 Å². The number of carbonyl (C=O) groups is 2. The molecule has 1 aliphatic rings. The van der Waals surface area contributed by atoms with Gasteiger partial charge in [0, 0.05) is 6.04 Å². The highest BCUT2D eigenvalue weighted by Gasteiger charge is 2.33. The highest BCUT2D eigenvalue weighted by molar-refractivity contribution is 5.93. The van der Waals surface area contributed by atoms with Crippen LogP contribution in [0.5, 0.6) is 0 Å². The minimum atomic E-state index is -0.908. The number of nitrogens with one attached hydrogen (secondary N) is 1. The van der Waals surface area contributed by atoms with E-state index in [9.17, 15) is 9.59 Å². The number of terminal acetylenes is 1. The molecule has 0 aliphatic heterocycles. The van der Waals surface area contributed by atoms with Crippen molar-refractivity contribution in [3.8, 4) is 12.3 Å². The summed E-state index contributed by atoms with van der Waals surface area (Å²) in [5.74, 6) is 0.770. The van der Waals surface area contributed by atoms with Crippen molar-refractivity contribution in [2.75, 3.05) is 0 Å². The zero-order chi connectivity index (χ0) is 9.84. The van der Waals surface area contributed by atoms with Crippen LogP contribution in [0.1, 0.15) is 19.3 Å². The van der Waals surface area contributed by atoms with E-state index in [0.717, 1.165) is 12.8 Å². The largest absolute Gasteiger partial charge is 0.481 e. The lowest BCUT2D eigenvalue weighted by Crippen LogP contribution is -2.37. The summed E-state index contributed by atoms with van der Waals surface area (Å²) in [5, 5.41) is 11.0. The van der Waals surface area contributed by atoms with Crippen LogP contribution in [0.15, 0.2) is 0 Å². The molecule has 0 aromatic carbocycles. The summed E-state index contributed by atoms with van der Waals surface area (Å²) >= 11 is 0. The highest BCUT2D eigenvalue weighted by atomic mass is 16.4. The molecule has 4 nitrogen and oxygen atoms in total. The van der Waals surface area contributed by atoms with Gasteiger partial charge in [-0.1, -0.05) is 0 Å². The Morgan fingerprint density at radius 2 is 2.23 bits per heavy atom. The van der Waals surface area contributed by atoms with Crippen molar-refractivity contribution in [2.45, 2.75) is 25.3 Å². The quantitative estimate of drug-likeness (QED) is 0.599. The Morgan fingerprint density at radius 1 is 1.62 bits per heavy atom. The molecular formula is C9H11NO3. The van der Waals surface area contributed by atoms with Gasteiger partial charge in [0.2, 0.25) is 0 Å². The molecule has 0 bridgehead atoms. The van der Waals surface area contributed by atoms with Gasteiger partial charge in [0.15, 0.2) is 0 Å². The molecule has 1 atom stereocenters. The first-order chi connectivity index (χ1) is 6.13. The Hall–Kier alpha value is -1.50. The Balaban J connectivity index is 2.43. The minimum absolute atomic E-state index is 0.0436. The predicted octanol–water partition coefficient (Wildman–Crippen LogP) is -0.0109. The first kappa shape index (κ1) is 9.59. The van der Waals surface area contributed by atoms with Crippen LogP contribution in [0.2, 0.25) is 0 Å². The van der Waals surface area contributed by atoms with Gasteiger partial charge in [-0.2, -0.15) is 0 Å². The lowest BCUT2D eigenvalue weighted by atomic mass is 10.1. The van der Waals surface area contributed by atoms with Gasteiger partial charge in [-0.05, 0) is 24.7 Å². The van der Waals surface area contributed by atoms with E-state index < -0.39 is 11.9 Å². The summed E-state index contributed by atoms with van der Waals surface area (Å²) in [6, 6.07) is -0.291. The lowest BCUT2D eigenvalue weighted by molar-refractivity contribution is -0.137. The Morgan fingerprint density at radius 3 is 2.62 bits per heavy atom. The summed E-state index contributed by atoms with van der Waals surface area (Å²) in [7, 11) is 0. The second-order valence-electron chi connectivity index (χ2n) is 3.16. The predicted molar refractivity (Wildman–Crippen MR) is 45.7 cm³/mol. The maximum Gasteiger partial charge on any atom is 0.305 e. The average Bonchev–Trinajstić information content (AvgIpc) is 2.84. The molecule has 70 valence electrons. The van der Waals surface area contributed by atoms with Crippen molar-refractivity contribution < 1.29 is 14.7 Å². The van der Waals surface area contributed by atoms with Gasteiger partial charge in [-0.15, -0.1) is 6.42 Å². The van der Waals surface area contributed by atoms with Gasteiger partial charge in [-0.3, -0.25) is 9.59 Å². The molecule has 13 heavy (non-hydrogen) atoms.